The number of amides is 1. The smallest absolute Gasteiger partial charge is 0.311 e. The first kappa shape index (κ1) is 16.3. The highest BCUT2D eigenvalue weighted by Crippen LogP contribution is 2.61. The molecule has 1 amide bonds. The van der Waals surface area contributed by atoms with Crippen LogP contribution in [-0.2, 0) is 19.9 Å². The number of fused-ring (bicyclic) bond motifs is 1. The SMILES string of the molecule is Cc1ccc(C23C=CC4(CN(c5ccccc5)C(=O)C4C2C(=O)O)O3)cc1. The predicted octanol–water partition coefficient (Wildman–Crippen LogP) is 2.89. The number of nitrogens with zero attached hydrogens (tertiary/aromatic N) is 1. The van der Waals surface area contributed by atoms with E-state index in [0.29, 0.717) is 6.54 Å². The third-order valence-corrected chi connectivity index (χ3v) is 6.07. The van der Waals surface area contributed by atoms with Crippen molar-refractivity contribution in [3.8, 4) is 0 Å². The van der Waals surface area contributed by atoms with E-state index in [1.165, 1.54) is 0 Å². The van der Waals surface area contributed by atoms with Crippen molar-refractivity contribution < 1.29 is 19.4 Å². The summed E-state index contributed by atoms with van der Waals surface area (Å²) >= 11 is 0. The van der Waals surface area contributed by atoms with Crippen LogP contribution in [0.1, 0.15) is 11.1 Å². The minimum Gasteiger partial charge on any atom is -0.481 e. The van der Waals surface area contributed by atoms with Gasteiger partial charge in [0.1, 0.15) is 17.1 Å². The quantitative estimate of drug-likeness (QED) is 0.854. The number of para-hydroxylation sites is 1. The molecule has 5 rings (SSSR count). The molecule has 2 bridgehead atoms. The Morgan fingerprint density at radius 2 is 1.81 bits per heavy atom. The number of aryl methyl sites for hydroxylation is 1. The zero-order chi connectivity index (χ0) is 18.8. The third-order valence-electron chi connectivity index (χ3n) is 6.07. The molecule has 3 aliphatic heterocycles. The Morgan fingerprint density at radius 1 is 1.11 bits per heavy atom. The summed E-state index contributed by atoms with van der Waals surface area (Å²) < 4.78 is 6.44. The highest BCUT2D eigenvalue weighted by molar-refractivity contribution is 6.02. The van der Waals surface area contributed by atoms with E-state index in [-0.39, 0.29) is 5.91 Å². The van der Waals surface area contributed by atoms with Gasteiger partial charge in [-0.15, -0.1) is 0 Å². The second-order valence-corrected chi connectivity index (χ2v) is 7.60. The van der Waals surface area contributed by atoms with Crippen LogP contribution in [0.4, 0.5) is 5.69 Å². The predicted molar refractivity (Wildman–Crippen MR) is 99.2 cm³/mol. The highest BCUT2D eigenvalue weighted by Gasteiger charge is 2.73. The number of carbonyl (C=O) groups excluding carboxylic acids is 1. The molecule has 2 aromatic rings. The Morgan fingerprint density at radius 3 is 2.48 bits per heavy atom. The molecular weight excluding hydrogens is 342 g/mol. The zero-order valence-corrected chi connectivity index (χ0v) is 14.8. The van der Waals surface area contributed by atoms with Crippen molar-refractivity contribution in [2.75, 3.05) is 11.4 Å². The van der Waals surface area contributed by atoms with Gasteiger partial charge in [-0.1, -0.05) is 54.1 Å². The lowest BCUT2D eigenvalue weighted by Gasteiger charge is -2.31. The zero-order valence-electron chi connectivity index (χ0n) is 14.8. The molecular formula is C22H19NO4. The molecule has 1 N–H and O–H groups in total. The van der Waals surface area contributed by atoms with Crippen molar-refractivity contribution >= 4 is 17.6 Å². The second-order valence-electron chi connectivity index (χ2n) is 7.60. The fraction of sp³-hybridized carbons (Fsp3) is 0.273. The van der Waals surface area contributed by atoms with Gasteiger partial charge in [-0.25, -0.2) is 0 Å². The second kappa shape index (κ2) is 5.30. The summed E-state index contributed by atoms with van der Waals surface area (Å²) in [5, 5.41) is 10.1. The Labute approximate surface area is 156 Å². The highest BCUT2D eigenvalue weighted by atomic mass is 16.5. The van der Waals surface area contributed by atoms with E-state index in [1.807, 2.05) is 73.7 Å². The van der Waals surface area contributed by atoms with Gasteiger partial charge in [-0.3, -0.25) is 9.59 Å². The number of carboxylic acid groups (broad SMARTS) is 1. The summed E-state index contributed by atoms with van der Waals surface area (Å²) in [4.78, 5) is 27.2. The number of ether oxygens (including phenoxy) is 1. The maximum Gasteiger partial charge on any atom is 0.311 e. The maximum absolute atomic E-state index is 13.3. The number of benzene rings is 2. The van der Waals surface area contributed by atoms with Crippen molar-refractivity contribution in [1.82, 2.24) is 0 Å². The number of hydrogen-bond donors (Lipinski definition) is 1. The summed E-state index contributed by atoms with van der Waals surface area (Å²) in [6, 6.07) is 17.0. The molecule has 0 aromatic heterocycles. The normalized spacial score (nSPS) is 33.5. The Kier molecular flexibility index (Phi) is 3.19. The number of carbonyl (C=O) groups is 2. The molecule has 1 spiro atoms. The van der Waals surface area contributed by atoms with Crippen molar-refractivity contribution in [3.05, 3.63) is 77.9 Å². The lowest BCUT2D eigenvalue weighted by atomic mass is 9.69. The van der Waals surface area contributed by atoms with Crippen LogP contribution in [0.2, 0.25) is 0 Å². The van der Waals surface area contributed by atoms with Gasteiger partial charge < -0.3 is 14.7 Å². The molecule has 5 nitrogen and oxygen atoms in total. The standard InChI is InChI=1S/C22H19NO4/c1-14-7-9-15(10-8-14)22-12-11-21(27-22)13-23(16-5-3-2-4-6-16)19(24)17(21)18(22)20(25)26/h2-12,17-18H,13H2,1H3,(H,25,26). The molecule has 2 saturated heterocycles. The monoisotopic (exact) mass is 361 g/mol. The number of anilines is 1. The molecule has 5 heteroatoms. The number of carboxylic acids is 1. The molecule has 0 radical (unpaired) electrons. The largest absolute Gasteiger partial charge is 0.481 e. The van der Waals surface area contributed by atoms with Crippen LogP contribution >= 0.6 is 0 Å². The average molecular weight is 361 g/mol. The van der Waals surface area contributed by atoms with Gasteiger partial charge >= 0.3 is 5.97 Å². The van der Waals surface area contributed by atoms with Crippen molar-refractivity contribution in [3.63, 3.8) is 0 Å². The molecule has 0 saturated carbocycles. The summed E-state index contributed by atoms with van der Waals surface area (Å²) in [5.74, 6) is -2.88. The first-order valence-electron chi connectivity index (χ1n) is 9.04. The van der Waals surface area contributed by atoms with Crippen LogP contribution in [-0.4, -0.2) is 29.1 Å². The fourth-order valence-electron chi connectivity index (χ4n) is 4.84. The van der Waals surface area contributed by atoms with Crippen LogP contribution in [0.15, 0.2) is 66.7 Å². The van der Waals surface area contributed by atoms with Gasteiger partial charge in [-0.05, 0) is 30.7 Å². The number of hydrogen-bond acceptors (Lipinski definition) is 3. The van der Waals surface area contributed by atoms with E-state index in [0.717, 1.165) is 16.8 Å². The van der Waals surface area contributed by atoms with Crippen LogP contribution in [0, 0.1) is 18.8 Å². The average Bonchev–Trinajstić information content (AvgIpc) is 3.28. The molecule has 27 heavy (non-hydrogen) atoms. The van der Waals surface area contributed by atoms with Gasteiger partial charge in [0.2, 0.25) is 5.91 Å². The Hall–Kier alpha value is -2.92. The molecule has 2 aromatic carbocycles. The van der Waals surface area contributed by atoms with E-state index >= 15 is 0 Å². The van der Waals surface area contributed by atoms with Gasteiger partial charge in [0.05, 0.1) is 12.5 Å². The molecule has 4 atom stereocenters. The molecule has 3 heterocycles. The van der Waals surface area contributed by atoms with Gasteiger partial charge in [0, 0.05) is 5.69 Å². The van der Waals surface area contributed by atoms with E-state index in [4.69, 9.17) is 4.74 Å². The van der Waals surface area contributed by atoms with Gasteiger partial charge in [0.15, 0.2) is 0 Å². The first-order valence-corrected chi connectivity index (χ1v) is 9.04. The summed E-state index contributed by atoms with van der Waals surface area (Å²) in [7, 11) is 0. The van der Waals surface area contributed by atoms with E-state index in [2.05, 4.69) is 0 Å². The van der Waals surface area contributed by atoms with Crippen LogP contribution < -0.4 is 4.90 Å². The molecule has 0 aliphatic carbocycles. The molecule has 4 unspecified atom stereocenters. The fourth-order valence-corrected chi connectivity index (χ4v) is 4.84. The minimum absolute atomic E-state index is 0.188. The van der Waals surface area contributed by atoms with E-state index < -0.39 is 29.0 Å². The lowest BCUT2D eigenvalue weighted by molar-refractivity contribution is -0.149. The third kappa shape index (κ3) is 2.03. The van der Waals surface area contributed by atoms with Crippen molar-refractivity contribution in [2.45, 2.75) is 18.1 Å². The topological polar surface area (TPSA) is 66.8 Å². The van der Waals surface area contributed by atoms with Crippen molar-refractivity contribution in [1.29, 1.82) is 0 Å². The van der Waals surface area contributed by atoms with Crippen LogP contribution in [0.5, 0.6) is 0 Å². The Bertz CT molecular complexity index is 968. The summed E-state index contributed by atoms with van der Waals surface area (Å²) in [6.07, 6.45) is 3.74. The van der Waals surface area contributed by atoms with Gasteiger partial charge in [0.25, 0.3) is 0 Å². The minimum atomic E-state index is -1.09. The Balaban J connectivity index is 1.61. The maximum atomic E-state index is 13.3. The number of rotatable bonds is 3. The van der Waals surface area contributed by atoms with Crippen LogP contribution in [0.25, 0.3) is 0 Å². The number of aliphatic carboxylic acids is 1. The van der Waals surface area contributed by atoms with E-state index in [1.54, 1.807) is 4.90 Å². The molecule has 136 valence electrons. The molecule has 3 aliphatic rings. The molecule has 2 fully saturated rings. The van der Waals surface area contributed by atoms with Crippen molar-refractivity contribution in [2.24, 2.45) is 11.8 Å². The summed E-state index contributed by atoms with van der Waals surface area (Å²) in [6.45, 7) is 2.31. The summed E-state index contributed by atoms with van der Waals surface area (Å²) in [5.41, 5.74) is 0.634. The van der Waals surface area contributed by atoms with E-state index in [9.17, 15) is 14.7 Å². The first-order chi connectivity index (χ1) is 13.0. The van der Waals surface area contributed by atoms with Gasteiger partial charge in [-0.2, -0.15) is 0 Å². The van der Waals surface area contributed by atoms with Crippen LogP contribution in [0.3, 0.4) is 0 Å². The lowest BCUT2D eigenvalue weighted by Crippen LogP contribution is -2.43.